The number of H-pyrrole nitrogens is 1. The van der Waals surface area contributed by atoms with E-state index in [0.29, 0.717) is 18.4 Å². The van der Waals surface area contributed by atoms with Gasteiger partial charge >= 0.3 is 0 Å². The van der Waals surface area contributed by atoms with Gasteiger partial charge in [-0.05, 0) is 80.0 Å². The third-order valence-corrected chi connectivity index (χ3v) is 8.50. The van der Waals surface area contributed by atoms with Gasteiger partial charge in [-0.1, -0.05) is 13.8 Å². The predicted octanol–water partition coefficient (Wildman–Crippen LogP) is 4.12. The summed E-state index contributed by atoms with van der Waals surface area (Å²) in [5, 5.41) is 1.69. The Morgan fingerprint density at radius 2 is 2.03 bits per heavy atom. The second-order valence-electron chi connectivity index (χ2n) is 10.3. The van der Waals surface area contributed by atoms with Crippen LogP contribution in [0.4, 0.5) is 0 Å². The highest BCUT2D eigenvalue weighted by Crippen LogP contribution is 2.41. The van der Waals surface area contributed by atoms with Crippen molar-refractivity contribution in [3.05, 3.63) is 30.5 Å². The van der Waals surface area contributed by atoms with Crippen molar-refractivity contribution in [2.75, 3.05) is 19.7 Å². The minimum atomic E-state index is -2.13. The van der Waals surface area contributed by atoms with Crippen LogP contribution in [0.2, 0.25) is 0 Å². The molecule has 3 aromatic rings. The number of nitrogens with zero attached hydrogens (tertiary/aromatic N) is 4. The molecule has 2 fully saturated rings. The first-order chi connectivity index (χ1) is 16.5. The predicted molar refractivity (Wildman–Crippen MR) is 132 cm³/mol. The van der Waals surface area contributed by atoms with Crippen LogP contribution in [0.15, 0.2) is 24.8 Å². The van der Waals surface area contributed by atoms with Gasteiger partial charge < -0.3 is 14.3 Å². The maximum Gasteiger partial charge on any atom is 0.159 e. The van der Waals surface area contributed by atoms with Crippen molar-refractivity contribution in [2.24, 2.45) is 11.8 Å². The summed E-state index contributed by atoms with van der Waals surface area (Å²) in [6, 6.07) is 2.00. The van der Waals surface area contributed by atoms with E-state index in [4.69, 9.17) is 4.74 Å². The number of fused-ring (bicyclic) bond motifs is 3. The highest BCUT2D eigenvalue weighted by Gasteiger charge is 2.35. The Balaban J connectivity index is 1.30. The van der Waals surface area contributed by atoms with Crippen LogP contribution in [-0.4, -0.2) is 64.8 Å². The van der Waals surface area contributed by atoms with Crippen molar-refractivity contribution < 1.29 is 13.5 Å². The van der Waals surface area contributed by atoms with Crippen LogP contribution in [0.5, 0.6) is 0 Å². The van der Waals surface area contributed by atoms with Gasteiger partial charge in [0.25, 0.3) is 0 Å². The smallest absolute Gasteiger partial charge is 0.159 e. The van der Waals surface area contributed by atoms with Crippen LogP contribution in [0, 0.1) is 11.8 Å². The molecule has 2 aliphatic rings. The summed E-state index contributed by atoms with van der Waals surface area (Å²) in [6.45, 7) is 6.56. The van der Waals surface area contributed by atoms with E-state index >= 15 is 0 Å². The van der Waals surface area contributed by atoms with E-state index in [2.05, 4.69) is 38.7 Å². The summed E-state index contributed by atoms with van der Waals surface area (Å²) in [5.74, 6) is 0.970. The second kappa shape index (κ2) is 10.4. The van der Waals surface area contributed by atoms with E-state index in [9.17, 15) is 8.76 Å². The van der Waals surface area contributed by atoms with E-state index in [1.807, 2.05) is 6.07 Å². The lowest BCUT2D eigenvalue weighted by molar-refractivity contribution is -0.0217. The minimum Gasteiger partial charge on any atom is -0.771 e. The maximum atomic E-state index is 12.4. The lowest BCUT2D eigenvalue weighted by Gasteiger charge is -2.44. The first kappa shape index (κ1) is 23.8. The number of pyridine rings is 1. The van der Waals surface area contributed by atoms with Crippen LogP contribution < -0.4 is 0 Å². The van der Waals surface area contributed by atoms with Gasteiger partial charge in [0.05, 0.1) is 29.5 Å². The topological polar surface area (TPSA) is 107 Å². The number of aromatic nitrogens is 4. The number of ether oxygens (including phenoxy) is 1. The fourth-order valence-electron chi connectivity index (χ4n) is 5.83. The van der Waals surface area contributed by atoms with Gasteiger partial charge in [-0.2, -0.15) is 0 Å². The average Bonchev–Trinajstić information content (AvgIpc) is 3.32. The Morgan fingerprint density at radius 3 is 2.79 bits per heavy atom. The second-order valence-corrected chi connectivity index (χ2v) is 11.3. The van der Waals surface area contributed by atoms with Crippen LogP contribution >= 0.6 is 0 Å². The fourth-order valence-corrected chi connectivity index (χ4v) is 6.85. The molecular weight excluding hydrogens is 450 g/mol. The van der Waals surface area contributed by atoms with Crippen LogP contribution in [0.3, 0.4) is 0 Å². The van der Waals surface area contributed by atoms with E-state index < -0.39 is 16.5 Å². The van der Waals surface area contributed by atoms with Crippen molar-refractivity contribution in [1.29, 1.82) is 0 Å². The summed E-state index contributed by atoms with van der Waals surface area (Å²) < 4.78 is 30.9. The Kier molecular flexibility index (Phi) is 7.24. The van der Waals surface area contributed by atoms with Gasteiger partial charge in [-0.15, -0.1) is 0 Å². The number of hydrogen-bond donors (Lipinski definition) is 1. The molecule has 1 saturated heterocycles. The maximum absolute atomic E-state index is 12.4. The summed E-state index contributed by atoms with van der Waals surface area (Å²) in [7, 11) is 0. The lowest BCUT2D eigenvalue weighted by atomic mass is 9.79. The quantitative estimate of drug-likeness (QED) is 0.503. The SMILES string of the molecule is CC(C)COC1CCCN(C(C2CCC(c3[nH]cnc4cnc5nccc5c34)CC2)S(=O)[O-])C1. The third kappa shape index (κ3) is 4.89. The van der Waals surface area contributed by atoms with Crippen molar-refractivity contribution in [3.8, 4) is 0 Å². The molecule has 0 amide bonds. The molecule has 0 radical (unpaired) electrons. The van der Waals surface area contributed by atoms with E-state index in [0.717, 1.165) is 73.6 Å². The molecule has 3 atom stereocenters. The van der Waals surface area contributed by atoms with Crippen molar-refractivity contribution in [3.63, 3.8) is 0 Å². The normalized spacial score (nSPS) is 26.3. The van der Waals surface area contributed by atoms with Crippen LogP contribution in [0.1, 0.15) is 64.0 Å². The first-order valence-corrected chi connectivity index (χ1v) is 13.7. The Bertz CT molecular complexity index is 1140. The first-order valence-electron chi connectivity index (χ1n) is 12.5. The fraction of sp³-hybridized carbons (Fsp3) is 0.640. The Morgan fingerprint density at radius 1 is 1.21 bits per heavy atom. The van der Waals surface area contributed by atoms with Crippen LogP contribution in [-0.2, 0) is 15.8 Å². The lowest BCUT2D eigenvalue weighted by Crippen LogP contribution is -2.51. The van der Waals surface area contributed by atoms with Crippen molar-refractivity contribution in [1.82, 2.24) is 24.8 Å². The number of hydrogen-bond acceptors (Lipinski definition) is 7. The molecule has 1 aliphatic carbocycles. The molecule has 1 N–H and O–H groups in total. The largest absolute Gasteiger partial charge is 0.771 e. The molecular formula is C25H34N5O3S-. The molecule has 8 nitrogen and oxygen atoms in total. The van der Waals surface area contributed by atoms with Gasteiger partial charge in [0.2, 0.25) is 0 Å². The van der Waals surface area contributed by atoms with E-state index in [-0.39, 0.29) is 12.0 Å². The standard InChI is InChI=1S/C25H35N5O3S/c1-16(2)14-33-19-4-3-11-30(13-19)25(34(31)32)18-7-5-17(6-8-18)23-22-20-9-10-26-24(20)27-12-21(22)28-15-29-23/h9-10,12,15-19,25H,3-8,11,13-14H2,1-2H3,(H,28,29)(H,31,32)/p-1. The molecule has 34 heavy (non-hydrogen) atoms. The van der Waals surface area contributed by atoms with E-state index in [1.165, 1.54) is 5.69 Å². The molecule has 1 saturated carbocycles. The molecule has 3 unspecified atom stereocenters. The van der Waals surface area contributed by atoms with Gasteiger partial charge in [-0.3, -0.25) is 9.11 Å². The Hall–Kier alpha value is -1.94. The molecule has 0 bridgehead atoms. The van der Waals surface area contributed by atoms with Crippen molar-refractivity contribution in [2.45, 2.75) is 69.8 Å². The zero-order valence-corrected chi connectivity index (χ0v) is 20.8. The van der Waals surface area contributed by atoms with Gasteiger partial charge in [0, 0.05) is 35.8 Å². The number of piperidine rings is 1. The number of rotatable bonds is 7. The molecule has 0 spiro atoms. The third-order valence-electron chi connectivity index (χ3n) is 7.42. The Labute approximate surface area is 203 Å². The summed E-state index contributed by atoms with van der Waals surface area (Å²) in [5.41, 5.74) is 2.78. The monoisotopic (exact) mass is 484 g/mol. The van der Waals surface area contributed by atoms with Gasteiger partial charge in [0.15, 0.2) is 5.65 Å². The zero-order valence-electron chi connectivity index (χ0n) is 20.0. The molecule has 5 rings (SSSR count). The molecule has 9 heteroatoms. The van der Waals surface area contributed by atoms with Gasteiger partial charge in [0.1, 0.15) is 0 Å². The molecule has 184 valence electrons. The molecule has 4 heterocycles. The summed E-state index contributed by atoms with van der Waals surface area (Å²) in [6.07, 6.45) is 11.1. The summed E-state index contributed by atoms with van der Waals surface area (Å²) >= 11 is -2.13. The number of likely N-dealkylation sites (tertiary alicyclic amines) is 1. The average molecular weight is 485 g/mol. The van der Waals surface area contributed by atoms with Gasteiger partial charge in [-0.25, -0.2) is 15.0 Å². The number of nitrogens with one attached hydrogen (secondary N) is 1. The molecule has 1 aliphatic heterocycles. The summed E-state index contributed by atoms with van der Waals surface area (Å²) in [4.78, 5) is 18.8. The van der Waals surface area contributed by atoms with Crippen LogP contribution in [0.25, 0.3) is 21.9 Å². The zero-order chi connectivity index (χ0) is 23.7. The van der Waals surface area contributed by atoms with E-state index in [1.54, 1.807) is 18.7 Å². The minimum absolute atomic E-state index is 0.130. The van der Waals surface area contributed by atoms with Crippen molar-refractivity contribution >= 4 is 33.0 Å². The molecule has 0 aromatic carbocycles. The highest BCUT2D eigenvalue weighted by atomic mass is 32.2. The number of aromatic amines is 1. The highest BCUT2D eigenvalue weighted by molar-refractivity contribution is 7.79. The molecule has 3 aromatic heterocycles.